The van der Waals surface area contributed by atoms with Gasteiger partial charge in [0.25, 0.3) is 0 Å². The maximum Gasteiger partial charge on any atom is 0.0710 e. The third-order valence-electron chi connectivity index (χ3n) is 3.82. The van der Waals surface area contributed by atoms with E-state index in [1.807, 2.05) is 0 Å². The minimum absolute atomic E-state index is 0.128. The molecule has 1 heterocycles. The topological polar surface area (TPSA) is 38.5 Å². The summed E-state index contributed by atoms with van der Waals surface area (Å²) in [5.41, 5.74) is 8.79. The summed E-state index contributed by atoms with van der Waals surface area (Å²) in [6, 6.07) is 9.14. The molecule has 3 nitrogen and oxygen atoms in total. The summed E-state index contributed by atoms with van der Waals surface area (Å²) < 4.78 is 5.44. The number of nitrogens with two attached hydrogens (primary N) is 1. The number of aryl methyl sites for hydroxylation is 1. The summed E-state index contributed by atoms with van der Waals surface area (Å²) in [4.78, 5) is 2.45. The number of methoxy groups -OCH3 is 1. The predicted octanol–water partition coefficient (Wildman–Crippen LogP) is 2.10. The van der Waals surface area contributed by atoms with Crippen molar-refractivity contribution in [1.29, 1.82) is 0 Å². The highest BCUT2D eigenvalue weighted by atomic mass is 16.5. The highest BCUT2D eigenvalue weighted by molar-refractivity contribution is 5.25. The number of hydrogen-bond acceptors (Lipinski definition) is 3. The Morgan fingerprint density at radius 1 is 1.33 bits per heavy atom. The van der Waals surface area contributed by atoms with Gasteiger partial charge in [0, 0.05) is 32.3 Å². The Hall–Kier alpha value is -0.900. The van der Waals surface area contributed by atoms with Crippen LogP contribution < -0.4 is 5.73 Å². The molecule has 0 aliphatic carbocycles. The molecule has 100 valence electrons. The van der Waals surface area contributed by atoms with Gasteiger partial charge < -0.3 is 10.5 Å². The lowest BCUT2D eigenvalue weighted by Gasteiger charge is -2.31. The van der Waals surface area contributed by atoms with Crippen molar-refractivity contribution in [2.24, 2.45) is 5.73 Å². The zero-order chi connectivity index (χ0) is 13.1. The number of ether oxygens (including phenoxy) is 1. The number of likely N-dealkylation sites (tertiary alicyclic amines) is 1. The van der Waals surface area contributed by atoms with Gasteiger partial charge in [-0.3, -0.25) is 4.90 Å². The fourth-order valence-electron chi connectivity index (χ4n) is 2.81. The molecular formula is C15H24N2O. The lowest BCUT2D eigenvalue weighted by molar-refractivity contribution is 0.0982. The summed E-state index contributed by atoms with van der Waals surface area (Å²) in [6.45, 7) is 6.25. The van der Waals surface area contributed by atoms with Crippen molar-refractivity contribution >= 4 is 0 Å². The zero-order valence-corrected chi connectivity index (χ0v) is 11.6. The van der Waals surface area contributed by atoms with Crippen molar-refractivity contribution in [2.75, 3.05) is 20.2 Å². The van der Waals surface area contributed by atoms with Crippen LogP contribution in [-0.2, 0) is 4.74 Å². The summed E-state index contributed by atoms with van der Waals surface area (Å²) in [5.74, 6) is 0. The van der Waals surface area contributed by atoms with Crippen molar-refractivity contribution in [3.8, 4) is 0 Å². The fourth-order valence-corrected chi connectivity index (χ4v) is 2.81. The van der Waals surface area contributed by atoms with Gasteiger partial charge in [-0.1, -0.05) is 29.8 Å². The quantitative estimate of drug-likeness (QED) is 0.887. The zero-order valence-electron chi connectivity index (χ0n) is 11.6. The van der Waals surface area contributed by atoms with Crippen LogP contribution in [0.4, 0.5) is 0 Å². The van der Waals surface area contributed by atoms with Gasteiger partial charge >= 0.3 is 0 Å². The van der Waals surface area contributed by atoms with E-state index in [4.69, 9.17) is 10.5 Å². The normalized spacial score (nSPS) is 24.1. The number of nitrogens with zero attached hydrogens (tertiary/aromatic N) is 1. The van der Waals surface area contributed by atoms with Crippen LogP contribution in [0.1, 0.15) is 30.5 Å². The van der Waals surface area contributed by atoms with Gasteiger partial charge in [0.1, 0.15) is 0 Å². The SMILES string of the molecule is COC1CCN(C(c2ccc(C)cc2)C(C)N)C1. The molecule has 18 heavy (non-hydrogen) atoms. The van der Waals surface area contributed by atoms with E-state index in [0.29, 0.717) is 12.1 Å². The van der Waals surface area contributed by atoms with E-state index in [0.717, 1.165) is 19.5 Å². The van der Waals surface area contributed by atoms with Crippen LogP contribution in [0.25, 0.3) is 0 Å². The molecule has 2 rings (SSSR count). The van der Waals surface area contributed by atoms with Crippen LogP contribution in [0.2, 0.25) is 0 Å². The highest BCUT2D eigenvalue weighted by Gasteiger charge is 2.31. The Kier molecular flexibility index (Phi) is 4.38. The van der Waals surface area contributed by atoms with Gasteiger partial charge in [-0.15, -0.1) is 0 Å². The van der Waals surface area contributed by atoms with Gasteiger partial charge in [-0.25, -0.2) is 0 Å². The van der Waals surface area contributed by atoms with Crippen LogP contribution in [0.3, 0.4) is 0 Å². The molecule has 2 N–H and O–H groups in total. The Morgan fingerprint density at radius 3 is 2.50 bits per heavy atom. The molecule has 0 aromatic heterocycles. The lowest BCUT2D eigenvalue weighted by Crippen LogP contribution is -2.38. The first-order valence-corrected chi connectivity index (χ1v) is 6.71. The smallest absolute Gasteiger partial charge is 0.0710 e. The maximum absolute atomic E-state index is 6.19. The molecule has 1 saturated heterocycles. The first-order chi connectivity index (χ1) is 8.61. The first-order valence-electron chi connectivity index (χ1n) is 6.71. The molecule has 1 aromatic rings. The van der Waals surface area contributed by atoms with Crippen LogP contribution in [-0.4, -0.2) is 37.2 Å². The standard InChI is InChI=1S/C15H24N2O/c1-11-4-6-13(7-5-11)15(12(2)16)17-9-8-14(10-17)18-3/h4-7,12,14-15H,8-10,16H2,1-3H3. The molecule has 3 unspecified atom stereocenters. The average Bonchev–Trinajstić information content (AvgIpc) is 2.80. The van der Waals surface area contributed by atoms with Crippen LogP contribution in [0.5, 0.6) is 0 Å². The van der Waals surface area contributed by atoms with Gasteiger partial charge in [0.15, 0.2) is 0 Å². The molecule has 1 aromatic carbocycles. The van der Waals surface area contributed by atoms with E-state index >= 15 is 0 Å². The van der Waals surface area contributed by atoms with Crippen LogP contribution in [0, 0.1) is 6.92 Å². The summed E-state index contributed by atoms with van der Waals surface area (Å²) in [7, 11) is 1.79. The summed E-state index contributed by atoms with van der Waals surface area (Å²) >= 11 is 0. The Bertz CT molecular complexity index is 375. The van der Waals surface area contributed by atoms with Gasteiger partial charge in [0.2, 0.25) is 0 Å². The highest BCUT2D eigenvalue weighted by Crippen LogP contribution is 2.28. The maximum atomic E-state index is 6.19. The number of benzene rings is 1. The third kappa shape index (κ3) is 2.91. The summed E-state index contributed by atoms with van der Waals surface area (Å²) in [6.07, 6.45) is 1.46. The fraction of sp³-hybridized carbons (Fsp3) is 0.600. The molecule has 3 heteroatoms. The van der Waals surface area contributed by atoms with E-state index in [1.54, 1.807) is 7.11 Å². The second-order valence-electron chi connectivity index (χ2n) is 5.36. The second-order valence-corrected chi connectivity index (χ2v) is 5.36. The van der Waals surface area contributed by atoms with Crippen LogP contribution in [0.15, 0.2) is 24.3 Å². The monoisotopic (exact) mass is 248 g/mol. The molecule has 0 bridgehead atoms. The average molecular weight is 248 g/mol. The minimum atomic E-state index is 0.128. The van der Waals surface area contributed by atoms with Crippen molar-refractivity contribution in [3.63, 3.8) is 0 Å². The molecular weight excluding hydrogens is 224 g/mol. The van der Waals surface area contributed by atoms with Gasteiger partial charge in [0.05, 0.1) is 6.10 Å². The summed E-state index contributed by atoms with van der Waals surface area (Å²) in [5, 5.41) is 0. The molecule has 1 fully saturated rings. The van der Waals surface area contributed by atoms with Gasteiger partial charge in [-0.2, -0.15) is 0 Å². The Morgan fingerprint density at radius 2 is 2.00 bits per heavy atom. The van der Waals surface area contributed by atoms with E-state index < -0.39 is 0 Å². The van der Waals surface area contributed by atoms with Crippen molar-refractivity contribution in [1.82, 2.24) is 4.90 Å². The molecule has 0 spiro atoms. The Balaban J connectivity index is 2.16. The van der Waals surface area contributed by atoms with Crippen molar-refractivity contribution in [3.05, 3.63) is 35.4 Å². The molecule has 3 atom stereocenters. The molecule has 1 aliphatic rings. The van der Waals surface area contributed by atoms with Crippen LogP contribution >= 0.6 is 0 Å². The Labute approximate surface area is 110 Å². The van der Waals surface area contributed by atoms with E-state index in [1.165, 1.54) is 11.1 Å². The van der Waals surface area contributed by atoms with E-state index in [9.17, 15) is 0 Å². The largest absolute Gasteiger partial charge is 0.380 e. The number of hydrogen-bond donors (Lipinski definition) is 1. The minimum Gasteiger partial charge on any atom is -0.380 e. The first kappa shape index (κ1) is 13.5. The molecule has 0 saturated carbocycles. The third-order valence-corrected chi connectivity index (χ3v) is 3.82. The molecule has 1 aliphatic heterocycles. The van der Waals surface area contributed by atoms with Crippen molar-refractivity contribution in [2.45, 2.75) is 38.5 Å². The lowest BCUT2D eigenvalue weighted by atomic mass is 9.98. The number of rotatable bonds is 4. The molecule has 0 radical (unpaired) electrons. The molecule has 0 amide bonds. The van der Waals surface area contributed by atoms with E-state index in [2.05, 4.69) is 43.0 Å². The van der Waals surface area contributed by atoms with Gasteiger partial charge in [-0.05, 0) is 25.8 Å². The van der Waals surface area contributed by atoms with E-state index in [-0.39, 0.29) is 6.04 Å². The second kappa shape index (κ2) is 5.83. The van der Waals surface area contributed by atoms with Crippen molar-refractivity contribution < 1.29 is 4.74 Å². The predicted molar refractivity (Wildman–Crippen MR) is 74.6 cm³/mol.